The van der Waals surface area contributed by atoms with Crippen molar-refractivity contribution in [2.75, 3.05) is 25.7 Å². The van der Waals surface area contributed by atoms with Crippen LogP contribution in [0.1, 0.15) is 5.56 Å². The zero-order valence-electron chi connectivity index (χ0n) is 16.4. The Balaban J connectivity index is 2.10. The Kier molecular flexibility index (Phi) is 5.25. The zero-order chi connectivity index (χ0) is 20.4. The van der Waals surface area contributed by atoms with Crippen LogP contribution >= 0.6 is 0 Å². The average Bonchev–Trinajstić information content (AvgIpc) is 3.16. The summed E-state index contributed by atoms with van der Waals surface area (Å²) >= 11 is 0. The molecular formula is C19H23N5O4. The summed E-state index contributed by atoms with van der Waals surface area (Å²) in [7, 11) is 6.22. The quantitative estimate of drug-likeness (QED) is 0.614. The molecule has 28 heavy (non-hydrogen) atoms. The largest absolute Gasteiger partial charge is 0.497 e. The Morgan fingerprint density at radius 2 is 1.96 bits per heavy atom. The molecule has 9 nitrogen and oxygen atoms in total. The van der Waals surface area contributed by atoms with Crippen molar-refractivity contribution in [1.82, 2.24) is 19.1 Å². The maximum atomic E-state index is 12.4. The average molecular weight is 385 g/mol. The lowest BCUT2D eigenvalue weighted by Crippen LogP contribution is -2.36. The Morgan fingerprint density at radius 1 is 1.21 bits per heavy atom. The van der Waals surface area contributed by atoms with Gasteiger partial charge in [-0.1, -0.05) is 6.08 Å². The van der Waals surface area contributed by atoms with E-state index in [1.807, 2.05) is 23.1 Å². The summed E-state index contributed by atoms with van der Waals surface area (Å²) in [6.07, 6.45) is 1.73. The fourth-order valence-corrected chi connectivity index (χ4v) is 3.06. The molecule has 9 heteroatoms. The van der Waals surface area contributed by atoms with Gasteiger partial charge in [0.15, 0.2) is 11.2 Å². The maximum absolute atomic E-state index is 12.4. The predicted molar refractivity (Wildman–Crippen MR) is 107 cm³/mol. The first kappa shape index (κ1) is 19.3. The number of aromatic amines is 1. The van der Waals surface area contributed by atoms with E-state index in [9.17, 15) is 9.59 Å². The molecule has 0 aliphatic carbocycles. The second-order valence-corrected chi connectivity index (χ2v) is 6.31. The number of benzene rings is 1. The minimum atomic E-state index is -0.430. The predicted octanol–water partition coefficient (Wildman–Crippen LogP) is 1.17. The summed E-state index contributed by atoms with van der Waals surface area (Å²) in [5, 5.41) is 0. The molecule has 0 atom stereocenters. The minimum absolute atomic E-state index is 0.270. The number of anilines is 1. The second-order valence-electron chi connectivity index (χ2n) is 6.31. The monoisotopic (exact) mass is 385 g/mol. The van der Waals surface area contributed by atoms with Crippen LogP contribution in [0.2, 0.25) is 0 Å². The van der Waals surface area contributed by atoms with Crippen LogP contribution in [-0.2, 0) is 20.6 Å². The van der Waals surface area contributed by atoms with Crippen molar-refractivity contribution < 1.29 is 9.47 Å². The topological polar surface area (TPSA) is 94.4 Å². The van der Waals surface area contributed by atoms with Crippen molar-refractivity contribution in [2.24, 2.45) is 14.1 Å². The van der Waals surface area contributed by atoms with E-state index in [-0.39, 0.29) is 5.52 Å². The van der Waals surface area contributed by atoms with E-state index < -0.39 is 11.2 Å². The van der Waals surface area contributed by atoms with Gasteiger partial charge >= 0.3 is 5.69 Å². The Hall–Kier alpha value is -3.49. The fraction of sp³-hybridized carbons (Fsp3) is 0.316. The number of methoxy groups -OCH3 is 2. The van der Waals surface area contributed by atoms with Crippen molar-refractivity contribution >= 4 is 17.1 Å². The number of aromatic nitrogens is 4. The third-order valence-electron chi connectivity index (χ3n) is 4.58. The van der Waals surface area contributed by atoms with Gasteiger partial charge < -0.3 is 19.4 Å². The summed E-state index contributed by atoms with van der Waals surface area (Å²) in [6, 6.07) is 5.53. The number of nitrogens with zero attached hydrogens (tertiary/aromatic N) is 4. The lowest BCUT2D eigenvalue weighted by Gasteiger charge is -2.21. The molecule has 0 spiro atoms. The van der Waals surface area contributed by atoms with Gasteiger partial charge in [-0.25, -0.2) is 4.79 Å². The van der Waals surface area contributed by atoms with E-state index in [1.165, 1.54) is 11.6 Å². The van der Waals surface area contributed by atoms with Crippen LogP contribution in [0, 0.1) is 0 Å². The molecule has 0 saturated carbocycles. The van der Waals surface area contributed by atoms with Gasteiger partial charge in [0.2, 0.25) is 5.95 Å². The van der Waals surface area contributed by atoms with Gasteiger partial charge in [0.25, 0.3) is 5.56 Å². The lowest BCUT2D eigenvalue weighted by atomic mass is 10.1. The molecule has 0 amide bonds. The molecule has 3 aromatic rings. The highest BCUT2D eigenvalue weighted by atomic mass is 16.5. The van der Waals surface area contributed by atoms with Gasteiger partial charge in [-0.2, -0.15) is 4.98 Å². The van der Waals surface area contributed by atoms with Gasteiger partial charge in [0, 0.05) is 32.7 Å². The first-order valence-corrected chi connectivity index (χ1v) is 8.63. The van der Waals surface area contributed by atoms with Crippen molar-refractivity contribution in [2.45, 2.75) is 6.54 Å². The number of hydrogen-bond acceptors (Lipinski definition) is 6. The maximum Gasteiger partial charge on any atom is 0.332 e. The first-order chi connectivity index (χ1) is 13.4. The van der Waals surface area contributed by atoms with Gasteiger partial charge in [-0.05, 0) is 18.2 Å². The fourth-order valence-electron chi connectivity index (χ4n) is 3.06. The van der Waals surface area contributed by atoms with Gasteiger partial charge in [-0.3, -0.25) is 13.9 Å². The summed E-state index contributed by atoms with van der Waals surface area (Å²) in [5.41, 5.74) is 0.599. The number of aryl methyl sites for hydroxylation is 1. The molecule has 3 rings (SSSR count). The lowest BCUT2D eigenvalue weighted by molar-refractivity contribution is 0.398. The molecule has 1 N–H and O–H groups in total. The molecule has 0 aliphatic heterocycles. The van der Waals surface area contributed by atoms with Crippen LogP contribution in [0.25, 0.3) is 11.2 Å². The molecule has 0 aliphatic rings. The molecule has 0 fully saturated rings. The van der Waals surface area contributed by atoms with E-state index in [2.05, 4.69) is 16.5 Å². The SMILES string of the molecule is C=CCN(Cc1cc(OC)ccc1OC)c1nc2c([nH]1)c(=O)n(C)c(=O)n2C. The van der Waals surface area contributed by atoms with Crippen LogP contribution in [0.15, 0.2) is 40.4 Å². The number of nitrogens with one attached hydrogen (secondary N) is 1. The van der Waals surface area contributed by atoms with Crippen molar-refractivity contribution in [3.63, 3.8) is 0 Å². The minimum Gasteiger partial charge on any atom is -0.497 e. The molecule has 148 valence electrons. The van der Waals surface area contributed by atoms with Gasteiger partial charge in [0.05, 0.1) is 14.2 Å². The smallest absolute Gasteiger partial charge is 0.332 e. The standard InChI is InChI=1S/C19H23N5O4/c1-6-9-24(11-12-10-13(27-4)7-8-14(12)28-5)18-20-15-16(21-18)22(2)19(26)23(3)17(15)25/h6-8,10H,1,9,11H2,2-5H3,(H,20,21). The normalized spacial score (nSPS) is 10.9. The van der Waals surface area contributed by atoms with Crippen molar-refractivity contribution in [3.8, 4) is 11.5 Å². The second kappa shape index (κ2) is 7.63. The number of ether oxygens (including phenoxy) is 2. The van der Waals surface area contributed by atoms with Crippen LogP contribution in [0.5, 0.6) is 11.5 Å². The number of rotatable bonds is 7. The Labute approximate surface area is 161 Å². The molecule has 2 aromatic heterocycles. The number of fused-ring (bicyclic) bond motifs is 1. The summed E-state index contributed by atoms with van der Waals surface area (Å²) < 4.78 is 13.1. The summed E-state index contributed by atoms with van der Waals surface area (Å²) in [4.78, 5) is 34.0. The van der Waals surface area contributed by atoms with E-state index >= 15 is 0 Å². The van der Waals surface area contributed by atoms with E-state index in [0.717, 1.165) is 10.1 Å². The molecule has 0 saturated heterocycles. The van der Waals surface area contributed by atoms with Crippen LogP contribution in [0.3, 0.4) is 0 Å². The third-order valence-corrected chi connectivity index (χ3v) is 4.58. The van der Waals surface area contributed by atoms with Crippen LogP contribution in [-0.4, -0.2) is 39.9 Å². The van der Waals surface area contributed by atoms with Crippen LogP contribution in [0.4, 0.5) is 5.95 Å². The summed E-state index contributed by atoms with van der Waals surface area (Å²) in [6.45, 7) is 4.70. The van der Waals surface area contributed by atoms with Crippen LogP contribution < -0.4 is 25.6 Å². The highest BCUT2D eigenvalue weighted by molar-refractivity contribution is 5.73. The highest BCUT2D eigenvalue weighted by Crippen LogP contribution is 2.27. The zero-order valence-corrected chi connectivity index (χ0v) is 16.4. The third kappa shape index (κ3) is 3.26. The van der Waals surface area contributed by atoms with Crippen molar-refractivity contribution in [1.29, 1.82) is 0 Å². The highest BCUT2D eigenvalue weighted by Gasteiger charge is 2.18. The van der Waals surface area contributed by atoms with Crippen molar-refractivity contribution in [3.05, 3.63) is 57.3 Å². The molecule has 0 radical (unpaired) electrons. The number of imidazole rings is 1. The van der Waals surface area contributed by atoms with E-state index in [4.69, 9.17) is 9.47 Å². The number of hydrogen-bond donors (Lipinski definition) is 1. The van der Waals surface area contributed by atoms with Gasteiger partial charge in [0.1, 0.15) is 11.5 Å². The molecule has 2 heterocycles. The van der Waals surface area contributed by atoms with E-state index in [0.29, 0.717) is 36.2 Å². The molecular weight excluding hydrogens is 362 g/mol. The number of H-pyrrole nitrogens is 1. The molecule has 1 aromatic carbocycles. The molecule has 0 bridgehead atoms. The molecule has 0 unspecified atom stereocenters. The Morgan fingerprint density at radius 3 is 2.61 bits per heavy atom. The van der Waals surface area contributed by atoms with Gasteiger partial charge in [-0.15, -0.1) is 6.58 Å². The van der Waals surface area contributed by atoms with E-state index in [1.54, 1.807) is 27.3 Å². The summed E-state index contributed by atoms with van der Waals surface area (Å²) in [5.74, 6) is 1.86. The first-order valence-electron chi connectivity index (χ1n) is 8.63. The Bertz CT molecular complexity index is 1140.